The predicted molar refractivity (Wildman–Crippen MR) is 52.5 cm³/mol. The van der Waals surface area contributed by atoms with Gasteiger partial charge in [0.25, 0.3) is 0 Å². The van der Waals surface area contributed by atoms with Gasteiger partial charge in [0, 0.05) is 19.0 Å². The summed E-state index contributed by atoms with van der Waals surface area (Å²) in [4.78, 5) is 25.2. The summed E-state index contributed by atoms with van der Waals surface area (Å²) < 4.78 is 0. The molecule has 0 N–H and O–H groups in total. The first-order chi connectivity index (χ1) is 6.52. The Morgan fingerprint density at radius 1 is 1.21 bits per heavy atom. The number of rotatable bonds is 2. The Morgan fingerprint density at radius 3 is 2.07 bits per heavy atom. The van der Waals surface area contributed by atoms with E-state index in [2.05, 4.69) is 0 Å². The molecule has 0 aromatic carbocycles. The van der Waals surface area contributed by atoms with E-state index in [1.807, 2.05) is 18.7 Å². The molecule has 1 aliphatic heterocycles. The van der Waals surface area contributed by atoms with Crippen LogP contribution in [0.25, 0.3) is 0 Å². The highest BCUT2D eigenvalue weighted by atomic mass is 16.3. The minimum absolute atomic E-state index is 0.0477. The minimum Gasteiger partial charge on any atom is -0.338 e. The zero-order chi connectivity index (χ0) is 10.7. The van der Waals surface area contributed by atoms with Gasteiger partial charge in [-0.25, -0.2) is 0 Å². The van der Waals surface area contributed by atoms with Crippen molar-refractivity contribution in [3.8, 4) is 0 Å². The summed E-state index contributed by atoms with van der Waals surface area (Å²) in [5.74, 6) is 0.227. The van der Waals surface area contributed by atoms with Gasteiger partial charge in [-0.2, -0.15) is 0 Å². The fourth-order valence-corrected chi connectivity index (χ4v) is 1.56. The topological polar surface area (TPSA) is 43.6 Å². The molecule has 80 valence electrons. The SMILES string of the molecule is CC(C)C(=O)N1CCN([N+](C)=O)CC1. The van der Waals surface area contributed by atoms with Crippen molar-refractivity contribution in [2.75, 3.05) is 33.2 Å². The Labute approximate surface area is 84.2 Å². The normalized spacial score (nSPS) is 17.4. The molecule has 0 radical (unpaired) electrons. The summed E-state index contributed by atoms with van der Waals surface area (Å²) in [6.07, 6.45) is 0. The van der Waals surface area contributed by atoms with Crippen LogP contribution in [0.2, 0.25) is 0 Å². The van der Waals surface area contributed by atoms with Crippen molar-refractivity contribution in [3.05, 3.63) is 4.91 Å². The van der Waals surface area contributed by atoms with Crippen LogP contribution in [-0.4, -0.2) is 53.9 Å². The van der Waals surface area contributed by atoms with Crippen molar-refractivity contribution in [3.63, 3.8) is 0 Å². The van der Waals surface area contributed by atoms with Crippen LogP contribution in [0.5, 0.6) is 0 Å². The number of carbonyl (C=O) groups is 1. The summed E-state index contributed by atoms with van der Waals surface area (Å²) in [7, 11) is 1.49. The zero-order valence-corrected chi connectivity index (χ0v) is 9.06. The highest BCUT2D eigenvalue weighted by Crippen LogP contribution is 2.06. The van der Waals surface area contributed by atoms with Crippen molar-refractivity contribution in [1.82, 2.24) is 9.91 Å². The van der Waals surface area contributed by atoms with E-state index in [9.17, 15) is 9.70 Å². The largest absolute Gasteiger partial charge is 0.338 e. The molecule has 1 rings (SSSR count). The zero-order valence-electron chi connectivity index (χ0n) is 9.06. The Hall–Kier alpha value is -1.13. The fraction of sp³-hybridized carbons (Fsp3) is 0.889. The lowest BCUT2D eigenvalue weighted by molar-refractivity contribution is -0.687. The van der Waals surface area contributed by atoms with Crippen molar-refractivity contribution < 1.29 is 9.66 Å². The van der Waals surface area contributed by atoms with Crippen LogP contribution >= 0.6 is 0 Å². The van der Waals surface area contributed by atoms with E-state index in [-0.39, 0.29) is 11.8 Å². The number of piperazine rings is 1. The smallest absolute Gasteiger partial charge is 0.225 e. The second-order valence-electron chi connectivity index (χ2n) is 3.90. The molecule has 0 spiro atoms. The quantitative estimate of drug-likeness (QED) is 0.594. The van der Waals surface area contributed by atoms with Gasteiger partial charge in [-0.3, -0.25) is 4.79 Å². The third-order valence-corrected chi connectivity index (χ3v) is 2.46. The fourth-order valence-electron chi connectivity index (χ4n) is 1.56. The molecule has 0 unspecified atom stereocenters. The van der Waals surface area contributed by atoms with Crippen LogP contribution in [0.3, 0.4) is 0 Å². The van der Waals surface area contributed by atoms with Gasteiger partial charge in [-0.05, 0) is 0 Å². The van der Waals surface area contributed by atoms with E-state index in [1.165, 1.54) is 7.05 Å². The maximum atomic E-state index is 11.6. The molecule has 5 heteroatoms. The highest BCUT2D eigenvalue weighted by molar-refractivity contribution is 5.78. The molecular weight excluding hydrogens is 182 g/mol. The van der Waals surface area contributed by atoms with E-state index in [1.54, 1.807) is 5.01 Å². The molecule has 0 aliphatic carbocycles. The number of carbonyl (C=O) groups excluding carboxylic acids is 1. The van der Waals surface area contributed by atoms with E-state index in [0.717, 1.165) is 4.87 Å². The molecule has 0 atom stereocenters. The Bertz CT molecular complexity index is 232. The van der Waals surface area contributed by atoms with E-state index < -0.39 is 0 Å². The van der Waals surface area contributed by atoms with Gasteiger partial charge in [0.05, 0.1) is 18.0 Å². The molecule has 1 amide bonds. The number of nitroso groups, excluding NO2 is 1. The molecule has 14 heavy (non-hydrogen) atoms. The van der Waals surface area contributed by atoms with Gasteiger partial charge in [-0.15, -0.1) is 5.01 Å². The summed E-state index contributed by atoms with van der Waals surface area (Å²) in [5.41, 5.74) is 0. The standard InChI is InChI=1S/C9H18N3O2/c1-8(2)9(13)11-4-6-12(7-5-11)10(3)14/h8H,4-7H2,1-3H3/q+1. The number of hydrazine groups is 1. The lowest BCUT2D eigenvalue weighted by atomic mass is 10.2. The van der Waals surface area contributed by atoms with Crippen LogP contribution in [0.15, 0.2) is 0 Å². The van der Waals surface area contributed by atoms with Gasteiger partial charge < -0.3 is 4.90 Å². The molecule has 0 aromatic rings. The molecule has 1 saturated heterocycles. The maximum Gasteiger partial charge on any atom is 0.225 e. The second-order valence-corrected chi connectivity index (χ2v) is 3.90. The molecule has 5 nitrogen and oxygen atoms in total. The summed E-state index contributed by atoms with van der Waals surface area (Å²) in [5, 5.41) is 1.70. The summed E-state index contributed by atoms with van der Waals surface area (Å²) in [6, 6.07) is 0. The van der Waals surface area contributed by atoms with Crippen LogP contribution in [0.4, 0.5) is 0 Å². The molecular formula is C9H18N3O2+. The number of hydrogen-bond acceptors (Lipinski definition) is 2. The van der Waals surface area contributed by atoms with Gasteiger partial charge in [-0.1, -0.05) is 13.8 Å². The van der Waals surface area contributed by atoms with Gasteiger partial charge in [0.15, 0.2) is 0 Å². The summed E-state index contributed by atoms with van der Waals surface area (Å²) >= 11 is 0. The van der Waals surface area contributed by atoms with Gasteiger partial charge in [0.2, 0.25) is 13.0 Å². The molecule has 0 saturated carbocycles. The first-order valence-electron chi connectivity index (χ1n) is 4.97. The Kier molecular flexibility index (Phi) is 3.43. The van der Waals surface area contributed by atoms with Gasteiger partial charge >= 0.3 is 0 Å². The van der Waals surface area contributed by atoms with E-state index in [0.29, 0.717) is 26.2 Å². The molecule has 0 bridgehead atoms. The second kappa shape index (κ2) is 4.39. The van der Waals surface area contributed by atoms with Crippen LogP contribution in [-0.2, 0) is 4.79 Å². The van der Waals surface area contributed by atoms with Crippen molar-refractivity contribution in [2.45, 2.75) is 13.8 Å². The average Bonchev–Trinajstić information content (AvgIpc) is 2.16. The average molecular weight is 200 g/mol. The van der Waals surface area contributed by atoms with Crippen molar-refractivity contribution in [1.29, 1.82) is 0 Å². The molecule has 0 aromatic heterocycles. The van der Waals surface area contributed by atoms with Crippen molar-refractivity contribution in [2.24, 2.45) is 5.92 Å². The monoisotopic (exact) mass is 200 g/mol. The van der Waals surface area contributed by atoms with E-state index in [4.69, 9.17) is 0 Å². The van der Waals surface area contributed by atoms with Crippen LogP contribution in [0.1, 0.15) is 13.8 Å². The lowest BCUT2D eigenvalue weighted by Gasteiger charge is -2.31. The van der Waals surface area contributed by atoms with Crippen molar-refractivity contribution >= 4 is 5.91 Å². The Balaban J connectivity index is 2.43. The molecule has 1 heterocycles. The third kappa shape index (κ3) is 2.43. The highest BCUT2D eigenvalue weighted by Gasteiger charge is 2.26. The van der Waals surface area contributed by atoms with Gasteiger partial charge in [0.1, 0.15) is 4.87 Å². The molecule has 1 fully saturated rings. The molecule has 1 aliphatic rings. The predicted octanol–water partition coefficient (Wildman–Crippen LogP) is 0.110. The lowest BCUT2D eigenvalue weighted by Crippen LogP contribution is -2.51. The first-order valence-corrected chi connectivity index (χ1v) is 4.97. The minimum atomic E-state index is 0.0477. The Morgan fingerprint density at radius 2 is 1.71 bits per heavy atom. The van der Waals surface area contributed by atoms with E-state index >= 15 is 0 Å². The number of hydrogen-bond donors (Lipinski definition) is 0. The van der Waals surface area contributed by atoms with Crippen LogP contribution in [0, 0.1) is 10.8 Å². The number of nitrogens with zero attached hydrogens (tertiary/aromatic N) is 3. The first kappa shape index (κ1) is 10.9. The maximum absolute atomic E-state index is 11.6. The third-order valence-electron chi connectivity index (χ3n) is 2.46. The number of amides is 1. The summed E-state index contributed by atoms with van der Waals surface area (Å²) in [6.45, 7) is 6.38. The van der Waals surface area contributed by atoms with Crippen LogP contribution < -0.4 is 0 Å².